The molecule has 0 unspecified atom stereocenters. The van der Waals surface area contributed by atoms with Crippen LogP contribution in [0.3, 0.4) is 0 Å². The van der Waals surface area contributed by atoms with Crippen LogP contribution in [0.1, 0.15) is 37.0 Å². The van der Waals surface area contributed by atoms with Crippen molar-refractivity contribution in [1.29, 1.82) is 0 Å². The molecule has 21 heavy (non-hydrogen) atoms. The van der Waals surface area contributed by atoms with Crippen molar-refractivity contribution in [3.63, 3.8) is 0 Å². The summed E-state index contributed by atoms with van der Waals surface area (Å²) in [5.74, 6) is 0.126. The number of carbonyl (C=O) groups is 1. The minimum atomic E-state index is 0.126. The van der Waals surface area contributed by atoms with Crippen molar-refractivity contribution >= 4 is 11.6 Å². The summed E-state index contributed by atoms with van der Waals surface area (Å²) in [6.45, 7) is 5.67. The Morgan fingerprint density at radius 2 is 1.90 bits per heavy atom. The Kier molecular flexibility index (Phi) is 5.23. The summed E-state index contributed by atoms with van der Waals surface area (Å²) in [6.07, 6.45) is 1.86. The van der Waals surface area contributed by atoms with Crippen LogP contribution in [-0.4, -0.2) is 50.2 Å². The van der Waals surface area contributed by atoms with Crippen LogP contribution in [0.2, 0.25) is 0 Å². The van der Waals surface area contributed by atoms with E-state index in [0.29, 0.717) is 0 Å². The van der Waals surface area contributed by atoms with Crippen molar-refractivity contribution in [1.82, 2.24) is 4.90 Å². The van der Waals surface area contributed by atoms with Gasteiger partial charge in [0.1, 0.15) is 0 Å². The molecule has 1 aromatic rings. The van der Waals surface area contributed by atoms with Crippen LogP contribution in [0.5, 0.6) is 0 Å². The quantitative estimate of drug-likeness (QED) is 0.855. The normalized spacial score (nSPS) is 16.0. The van der Waals surface area contributed by atoms with Gasteiger partial charge in [-0.1, -0.05) is 6.07 Å². The van der Waals surface area contributed by atoms with E-state index in [1.807, 2.05) is 48.2 Å². The molecule has 4 heteroatoms. The highest BCUT2D eigenvalue weighted by Crippen LogP contribution is 2.22. The van der Waals surface area contributed by atoms with Crippen molar-refractivity contribution < 1.29 is 9.53 Å². The monoisotopic (exact) mass is 290 g/mol. The smallest absolute Gasteiger partial charge is 0.254 e. The van der Waals surface area contributed by atoms with E-state index in [9.17, 15) is 4.79 Å². The highest BCUT2D eigenvalue weighted by atomic mass is 16.5. The molecule has 0 aromatic heterocycles. The second-order valence-corrected chi connectivity index (χ2v) is 6.09. The van der Waals surface area contributed by atoms with Gasteiger partial charge in [0.15, 0.2) is 0 Å². The summed E-state index contributed by atoms with van der Waals surface area (Å²) in [6, 6.07) is 8.33. The zero-order valence-electron chi connectivity index (χ0n) is 13.5. The number of amides is 1. The van der Waals surface area contributed by atoms with Crippen LogP contribution in [0, 0.1) is 0 Å². The molecule has 1 amide bonds. The second-order valence-electron chi connectivity index (χ2n) is 6.09. The van der Waals surface area contributed by atoms with Crippen LogP contribution in [0.25, 0.3) is 0 Å². The minimum absolute atomic E-state index is 0.126. The molecular formula is C17H26N2O2. The van der Waals surface area contributed by atoms with E-state index in [1.165, 1.54) is 0 Å². The second kappa shape index (κ2) is 6.94. The average Bonchev–Trinajstić information content (AvgIpc) is 2.48. The molecular weight excluding hydrogens is 264 g/mol. The molecule has 1 saturated heterocycles. The van der Waals surface area contributed by atoms with Gasteiger partial charge in [-0.2, -0.15) is 0 Å². The van der Waals surface area contributed by atoms with Crippen LogP contribution in [0.15, 0.2) is 24.3 Å². The van der Waals surface area contributed by atoms with Gasteiger partial charge < -0.3 is 14.5 Å². The maximum atomic E-state index is 12.9. The first-order valence-electron chi connectivity index (χ1n) is 7.68. The van der Waals surface area contributed by atoms with Gasteiger partial charge in [-0.25, -0.2) is 0 Å². The van der Waals surface area contributed by atoms with E-state index in [4.69, 9.17) is 4.74 Å². The first-order chi connectivity index (χ1) is 10.0. The highest BCUT2D eigenvalue weighted by molar-refractivity contribution is 5.95. The predicted molar refractivity (Wildman–Crippen MR) is 85.9 cm³/mol. The first kappa shape index (κ1) is 15.8. The van der Waals surface area contributed by atoms with Crippen LogP contribution in [0.4, 0.5) is 5.69 Å². The summed E-state index contributed by atoms with van der Waals surface area (Å²) >= 11 is 0. The predicted octanol–water partition coefficient (Wildman–Crippen LogP) is 2.78. The third kappa shape index (κ3) is 3.76. The lowest BCUT2D eigenvalue weighted by Gasteiger charge is -2.37. The Morgan fingerprint density at radius 3 is 2.48 bits per heavy atom. The first-order valence-corrected chi connectivity index (χ1v) is 7.68. The lowest BCUT2D eigenvalue weighted by atomic mass is 10.0. The summed E-state index contributed by atoms with van der Waals surface area (Å²) in [5.41, 5.74) is 1.82. The average molecular weight is 290 g/mol. The largest absolute Gasteiger partial charge is 0.381 e. The Labute approximate surface area is 127 Å². The van der Waals surface area contributed by atoms with E-state index < -0.39 is 0 Å². The summed E-state index contributed by atoms with van der Waals surface area (Å²) in [4.78, 5) is 17.0. The highest BCUT2D eigenvalue weighted by Gasteiger charge is 2.28. The minimum Gasteiger partial charge on any atom is -0.381 e. The number of anilines is 1. The van der Waals surface area contributed by atoms with Crippen molar-refractivity contribution in [3.8, 4) is 0 Å². The maximum absolute atomic E-state index is 12.9. The topological polar surface area (TPSA) is 32.8 Å². The molecule has 1 fully saturated rings. The fraction of sp³-hybridized carbons (Fsp3) is 0.588. The zero-order valence-corrected chi connectivity index (χ0v) is 13.5. The lowest BCUT2D eigenvalue weighted by molar-refractivity contribution is 0.0206. The van der Waals surface area contributed by atoms with E-state index >= 15 is 0 Å². The van der Waals surface area contributed by atoms with Crippen molar-refractivity contribution in [2.75, 3.05) is 32.2 Å². The van der Waals surface area contributed by atoms with Gasteiger partial charge in [0.25, 0.3) is 5.91 Å². The SMILES string of the molecule is CC(C)N(C(=O)c1cccc(N(C)C)c1)C1CCOCC1. The van der Waals surface area contributed by atoms with Gasteiger partial charge in [0.2, 0.25) is 0 Å². The van der Waals surface area contributed by atoms with Gasteiger partial charge >= 0.3 is 0 Å². The molecule has 1 aliphatic rings. The van der Waals surface area contributed by atoms with E-state index in [1.54, 1.807) is 0 Å². The fourth-order valence-electron chi connectivity index (χ4n) is 2.85. The Bertz CT molecular complexity index is 479. The Balaban J connectivity index is 2.23. The molecule has 0 N–H and O–H groups in total. The van der Waals surface area contributed by atoms with Crippen molar-refractivity contribution in [2.45, 2.75) is 38.8 Å². The number of benzene rings is 1. The van der Waals surface area contributed by atoms with Gasteiger partial charge in [-0.05, 0) is 44.9 Å². The molecule has 0 atom stereocenters. The molecule has 0 saturated carbocycles. The van der Waals surface area contributed by atoms with Gasteiger partial charge in [0.05, 0.1) is 0 Å². The molecule has 116 valence electrons. The van der Waals surface area contributed by atoms with Gasteiger partial charge in [-0.3, -0.25) is 4.79 Å². The van der Waals surface area contributed by atoms with Crippen LogP contribution < -0.4 is 4.90 Å². The molecule has 0 spiro atoms. The van der Waals surface area contributed by atoms with Gasteiger partial charge in [0, 0.05) is 50.6 Å². The molecule has 2 rings (SSSR count). The molecule has 4 nitrogen and oxygen atoms in total. The molecule has 0 radical (unpaired) electrons. The summed E-state index contributed by atoms with van der Waals surface area (Å²) in [7, 11) is 3.98. The van der Waals surface area contributed by atoms with Crippen molar-refractivity contribution in [3.05, 3.63) is 29.8 Å². The molecule has 0 bridgehead atoms. The number of nitrogens with zero attached hydrogens (tertiary/aromatic N) is 2. The van der Waals surface area contributed by atoms with Crippen LogP contribution >= 0.6 is 0 Å². The lowest BCUT2D eigenvalue weighted by Crippen LogP contribution is -2.47. The zero-order chi connectivity index (χ0) is 15.4. The van der Waals surface area contributed by atoms with Crippen molar-refractivity contribution in [2.24, 2.45) is 0 Å². The van der Waals surface area contributed by atoms with E-state index in [-0.39, 0.29) is 18.0 Å². The standard InChI is InChI=1S/C17H26N2O2/c1-13(2)19(15-8-10-21-11-9-15)17(20)14-6-5-7-16(12-14)18(3)4/h5-7,12-13,15H,8-11H2,1-4H3. The number of hydrogen-bond acceptors (Lipinski definition) is 3. The number of carbonyl (C=O) groups excluding carboxylic acids is 1. The van der Waals surface area contributed by atoms with E-state index in [0.717, 1.165) is 37.3 Å². The molecule has 1 aromatic carbocycles. The summed E-state index contributed by atoms with van der Waals surface area (Å²) in [5, 5.41) is 0. The number of ether oxygens (including phenoxy) is 1. The maximum Gasteiger partial charge on any atom is 0.254 e. The Hall–Kier alpha value is -1.55. The number of rotatable bonds is 4. The fourth-order valence-corrected chi connectivity index (χ4v) is 2.85. The van der Waals surface area contributed by atoms with Crippen LogP contribution in [-0.2, 0) is 4.74 Å². The van der Waals surface area contributed by atoms with Gasteiger partial charge in [-0.15, -0.1) is 0 Å². The third-order valence-electron chi connectivity index (χ3n) is 3.98. The molecule has 0 aliphatic carbocycles. The molecule has 1 aliphatic heterocycles. The number of hydrogen-bond donors (Lipinski definition) is 0. The third-order valence-corrected chi connectivity index (χ3v) is 3.98. The molecule has 1 heterocycles. The summed E-state index contributed by atoms with van der Waals surface area (Å²) < 4.78 is 5.42. The van der Waals surface area contributed by atoms with E-state index in [2.05, 4.69) is 13.8 Å². The Morgan fingerprint density at radius 1 is 1.24 bits per heavy atom.